The lowest BCUT2D eigenvalue weighted by Gasteiger charge is -2.33. The normalized spacial score (nSPS) is 27.5. The molecule has 4 nitrogen and oxygen atoms in total. The molecule has 2 amide bonds. The Bertz CT molecular complexity index is 313. The van der Waals surface area contributed by atoms with Gasteiger partial charge in [-0.2, -0.15) is 0 Å². The van der Waals surface area contributed by atoms with Crippen molar-refractivity contribution in [3.63, 3.8) is 0 Å². The van der Waals surface area contributed by atoms with Crippen LogP contribution in [-0.4, -0.2) is 22.0 Å². The maximum Gasteiger partial charge on any atom is 0.418 e. The van der Waals surface area contributed by atoms with Gasteiger partial charge in [-0.3, -0.25) is 4.79 Å². The Kier molecular flexibility index (Phi) is 3.18. The number of amides is 2. The summed E-state index contributed by atoms with van der Waals surface area (Å²) in [6, 6.07) is 0. The van der Waals surface area contributed by atoms with Crippen LogP contribution in [0.2, 0.25) is 0 Å². The zero-order valence-electron chi connectivity index (χ0n) is 8.08. The molecular formula is C9H12INO3. The van der Waals surface area contributed by atoms with Gasteiger partial charge in [0.1, 0.15) is 0 Å². The minimum Gasteiger partial charge on any atom is -0.464 e. The molecule has 1 rings (SSSR count). The van der Waals surface area contributed by atoms with Gasteiger partial charge in [0.2, 0.25) is 5.91 Å². The molecule has 0 aromatic heterocycles. The molecule has 0 saturated heterocycles. The highest BCUT2D eigenvalue weighted by molar-refractivity contribution is 14.1. The van der Waals surface area contributed by atoms with E-state index in [1.807, 2.05) is 6.92 Å². The van der Waals surface area contributed by atoms with E-state index in [2.05, 4.69) is 22.6 Å². The van der Waals surface area contributed by atoms with Gasteiger partial charge in [0.05, 0.1) is 5.41 Å². The van der Waals surface area contributed by atoms with Crippen LogP contribution >= 0.6 is 22.6 Å². The summed E-state index contributed by atoms with van der Waals surface area (Å²) in [6.07, 6.45) is 1.47. The van der Waals surface area contributed by atoms with Gasteiger partial charge in [0.25, 0.3) is 0 Å². The summed E-state index contributed by atoms with van der Waals surface area (Å²) in [5, 5.41) is 8.81. The monoisotopic (exact) mass is 309 g/mol. The van der Waals surface area contributed by atoms with Crippen molar-refractivity contribution in [2.75, 3.05) is 0 Å². The van der Waals surface area contributed by atoms with Crippen molar-refractivity contribution in [2.45, 2.75) is 26.7 Å². The summed E-state index contributed by atoms with van der Waals surface area (Å²) in [4.78, 5) is 23.3. The highest BCUT2D eigenvalue weighted by atomic mass is 127. The summed E-state index contributed by atoms with van der Waals surface area (Å²) in [6.45, 7) is 3.70. The molecule has 1 aliphatic heterocycles. The number of nitrogens with zero attached hydrogens (tertiary/aromatic N) is 1. The van der Waals surface area contributed by atoms with E-state index in [-0.39, 0.29) is 5.91 Å². The first-order chi connectivity index (χ1) is 6.40. The molecule has 1 N–H and O–H groups in total. The third-order valence-corrected chi connectivity index (χ3v) is 3.21. The molecule has 0 fully saturated rings. The SMILES string of the molecule is CCC1(C)CC(I)=CN(C(=O)O)C1=O. The van der Waals surface area contributed by atoms with E-state index in [1.165, 1.54) is 6.20 Å². The summed E-state index contributed by atoms with van der Waals surface area (Å²) in [5.74, 6) is -0.326. The second kappa shape index (κ2) is 3.88. The van der Waals surface area contributed by atoms with Crippen LogP contribution in [0.4, 0.5) is 4.79 Å². The van der Waals surface area contributed by atoms with Crippen LogP contribution in [0.3, 0.4) is 0 Å². The zero-order valence-corrected chi connectivity index (χ0v) is 10.2. The summed E-state index contributed by atoms with van der Waals surface area (Å²) in [7, 11) is 0. The number of halogens is 1. The first kappa shape index (κ1) is 11.5. The van der Waals surface area contributed by atoms with Gasteiger partial charge in [-0.25, -0.2) is 9.69 Å². The molecule has 0 spiro atoms. The average Bonchev–Trinajstić information content (AvgIpc) is 2.11. The minimum atomic E-state index is -1.21. The van der Waals surface area contributed by atoms with Crippen molar-refractivity contribution >= 4 is 34.6 Å². The summed E-state index contributed by atoms with van der Waals surface area (Å²) >= 11 is 2.07. The third-order valence-electron chi connectivity index (χ3n) is 2.55. The quantitative estimate of drug-likeness (QED) is 0.758. The number of hydrogen-bond acceptors (Lipinski definition) is 2. The van der Waals surface area contributed by atoms with E-state index in [0.29, 0.717) is 12.8 Å². The van der Waals surface area contributed by atoms with Crippen LogP contribution < -0.4 is 0 Å². The molecule has 14 heavy (non-hydrogen) atoms. The lowest BCUT2D eigenvalue weighted by molar-refractivity contribution is -0.137. The van der Waals surface area contributed by atoms with Gasteiger partial charge < -0.3 is 5.11 Å². The van der Waals surface area contributed by atoms with E-state index >= 15 is 0 Å². The van der Waals surface area contributed by atoms with E-state index in [9.17, 15) is 9.59 Å². The van der Waals surface area contributed by atoms with E-state index in [1.54, 1.807) is 6.92 Å². The summed E-state index contributed by atoms with van der Waals surface area (Å²) < 4.78 is 0.897. The number of carbonyl (C=O) groups excluding carboxylic acids is 1. The van der Waals surface area contributed by atoms with Crippen molar-refractivity contribution in [1.29, 1.82) is 0 Å². The van der Waals surface area contributed by atoms with Gasteiger partial charge in [-0.05, 0) is 35.4 Å². The molecule has 1 heterocycles. The maximum atomic E-state index is 11.8. The number of allylic oxidation sites excluding steroid dienone is 1. The molecule has 0 saturated carbocycles. The van der Waals surface area contributed by atoms with Crippen LogP contribution in [0.5, 0.6) is 0 Å². The molecule has 78 valence electrons. The second-order valence-electron chi connectivity index (χ2n) is 3.62. The lowest BCUT2D eigenvalue weighted by Crippen LogP contribution is -2.44. The van der Waals surface area contributed by atoms with E-state index in [0.717, 1.165) is 8.48 Å². The van der Waals surface area contributed by atoms with Crippen molar-refractivity contribution in [2.24, 2.45) is 5.41 Å². The second-order valence-corrected chi connectivity index (χ2v) is 5.01. The van der Waals surface area contributed by atoms with Crippen LogP contribution in [0.1, 0.15) is 26.7 Å². The van der Waals surface area contributed by atoms with Crippen LogP contribution in [0.15, 0.2) is 9.78 Å². The molecule has 0 radical (unpaired) electrons. The molecule has 0 aliphatic carbocycles. The zero-order chi connectivity index (χ0) is 10.9. The fourth-order valence-corrected chi connectivity index (χ4v) is 2.52. The topological polar surface area (TPSA) is 57.6 Å². The van der Waals surface area contributed by atoms with Crippen LogP contribution in [-0.2, 0) is 4.79 Å². The largest absolute Gasteiger partial charge is 0.464 e. The molecule has 0 bridgehead atoms. The van der Waals surface area contributed by atoms with Crippen LogP contribution in [0, 0.1) is 5.41 Å². The summed E-state index contributed by atoms with van der Waals surface area (Å²) in [5.41, 5.74) is -0.566. The number of rotatable bonds is 1. The van der Waals surface area contributed by atoms with E-state index < -0.39 is 11.5 Å². The predicted octanol–water partition coefficient (Wildman–Crippen LogP) is 2.59. The van der Waals surface area contributed by atoms with Crippen LogP contribution in [0.25, 0.3) is 0 Å². The highest BCUT2D eigenvalue weighted by Crippen LogP contribution is 2.38. The first-order valence-electron chi connectivity index (χ1n) is 4.33. The predicted molar refractivity (Wildman–Crippen MR) is 60.0 cm³/mol. The Balaban J connectivity index is 3.07. The molecular weight excluding hydrogens is 297 g/mol. The van der Waals surface area contributed by atoms with Gasteiger partial charge in [0.15, 0.2) is 0 Å². The highest BCUT2D eigenvalue weighted by Gasteiger charge is 2.40. The number of hydrogen-bond donors (Lipinski definition) is 1. The standard InChI is InChI=1S/C9H12INO3/c1-3-9(2)4-6(10)5-11(7(9)12)8(13)14/h5H,3-4H2,1-2H3,(H,13,14). The molecule has 1 atom stereocenters. The van der Waals surface area contributed by atoms with Crippen molar-refractivity contribution in [1.82, 2.24) is 4.90 Å². The Morgan fingerprint density at radius 3 is 2.79 bits per heavy atom. The van der Waals surface area contributed by atoms with Gasteiger partial charge in [0, 0.05) is 9.78 Å². The van der Waals surface area contributed by atoms with Gasteiger partial charge in [-0.1, -0.05) is 13.8 Å². The Labute approximate surface area is 96.1 Å². The Morgan fingerprint density at radius 2 is 2.36 bits per heavy atom. The molecule has 1 unspecified atom stereocenters. The molecule has 1 aliphatic rings. The fraction of sp³-hybridized carbons (Fsp3) is 0.556. The maximum absolute atomic E-state index is 11.8. The van der Waals surface area contributed by atoms with E-state index in [4.69, 9.17) is 5.11 Å². The number of carbonyl (C=O) groups is 2. The van der Waals surface area contributed by atoms with Crippen molar-refractivity contribution < 1.29 is 14.7 Å². The smallest absolute Gasteiger partial charge is 0.418 e. The van der Waals surface area contributed by atoms with Crippen molar-refractivity contribution in [3.05, 3.63) is 9.78 Å². The number of imide groups is 1. The Hall–Kier alpha value is -0.590. The average molecular weight is 309 g/mol. The fourth-order valence-electron chi connectivity index (χ4n) is 1.40. The molecule has 0 aromatic rings. The van der Waals surface area contributed by atoms with Crippen molar-refractivity contribution in [3.8, 4) is 0 Å². The number of carboxylic acid groups (broad SMARTS) is 1. The molecule has 5 heteroatoms. The molecule has 0 aromatic carbocycles. The third kappa shape index (κ3) is 1.92. The van der Waals surface area contributed by atoms with Gasteiger partial charge >= 0.3 is 6.09 Å². The minimum absolute atomic E-state index is 0.326. The Morgan fingerprint density at radius 1 is 1.79 bits per heavy atom. The lowest BCUT2D eigenvalue weighted by atomic mass is 9.81. The van der Waals surface area contributed by atoms with Gasteiger partial charge in [-0.15, -0.1) is 0 Å². The first-order valence-corrected chi connectivity index (χ1v) is 5.41.